The van der Waals surface area contributed by atoms with Gasteiger partial charge in [-0.1, -0.05) is 18.2 Å². The van der Waals surface area contributed by atoms with E-state index in [1.165, 1.54) is 0 Å². The topological polar surface area (TPSA) is 25.8 Å². The molecule has 11 heavy (non-hydrogen) atoms. The van der Waals surface area contributed by atoms with E-state index in [4.69, 9.17) is 0 Å². The number of rotatable bonds is 0. The molecule has 0 unspecified atom stereocenters. The summed E-state index contributed by atoms with van der Waals surface area (Å²) in [6, 6.07) is 7.91. The van der Waals surface area contributed by atoms with Gasteiger partial charge < -0.3 is 0 Å². The van der Waals surface area contributed by atoms with Gasteiger partial charge in [0, 0.05) is 28.7 Å². The zero-order chi connectivity index (χ0) is 6.81. The van der Waals surface area contributed by atoms with Crippen molar-refractivity contribution in [1.82, 2.24) is 9.97 Å². The van der Waals surface area contributed by atoms with Gasteiger partial charge in [-0.3, -0.25) is 0 Å². The van der Waals surface area contributed by atoms with Crippen LogP contribution in [-0.4, -0.2) is 27.0 Å². The van der Waals surface area contributed by atoms with Crippen LogP contribution in [0.5, 0.6) is 0 Å². The first-order valence-electron chi connectivity index (χ1n) is 3.11. The summed E-state index contributed by atoms with van der Waals surface area (Å²) in [5, 5.41) is 1.09. The number of hydrogen-bond donors (Lipinski definition) is 0. The van der Waals surface area contributed by atoms with E-state index in [1.807, 2.05) is 30.5 Å². The number of hydrogen-bond acceptors (Lipinski definition) is 2. The Labute approximate surface area is 75.1 Å². The van der Waals surface area contributed by atoms with Crippen molar-refractivity contribution < 1.29 is 0 Å². The molecule has 3 heteroatoms. The van der Waals surface area contributed by atoms with Crippen LogP contribution >= 0.6 is 0 Å². The van der Waals surface area contributed by atoms with Crippen molar-refractivity contribution in [2.24, 2.45) is 0 Å². The van der Waals surface area contributed by atoms with Crippen molar-refractivity contribution in [2.75, 3.05) is 0 Å². The molecule has 2 radical (unpaired) electrons. The number of fused-ring (bicyclic) bond motifs is 1. The van der Waals surface area contributed by atoms with Gasteiger partial charge in [0.1, 0.15) is 6.33 Å². The Morgan fingerprint density at radius 2 is 1.91 bits per heavy atom. The molecule has 2 rings (SSSR count). The maximum absolute atomic E-state index is 4.07. The third-order valence-corrected chi connectivity index (χ3v) is 1.41. The molecule has 1 aromatic heterocycles. The number of para-hydroxylation sites is 1. The molecule has 0 saturated heterocycles. The quantitative estimate of drug-likeness (QED) is 0.610. The molecule has 0 aliphatic rings. The molecule has 0 atom stereocenters. The molecule has 1 heterocycles. The van der Waals surface area contributed by atoms with Gasteiger partial charge in [0.05, 0.1) is 5.52 Å². The fraction of sp³-hybridized carbons (Fsp3) is 0. The first kappa shape index (κ1) is 8.18. The minimum atomic E-state index is 0. The second-order valence-corrected chi connectivity index (χ2v) is 2.08. The van der Waals surface area contributed by atoms with Crippen molar-refractivity contribution in [3.63, 3.8) is 0 Å². The number of nitrogens with zero attached hydrogens (tertiary/aromatic N) is 2. The van der Waals surface area contributed by atoms with E-state index in [9.17, 15) is 0 Å². The van der Waals surface area contributed by atoms with E-state index in [0.29, 0.717) is 0 Å². The van der Waals surface area contributed by atoms with Crippen molar-refractivity contribution in [3.8, 4) is 0 Å². The molecule has 2 nitrogen and oxygen atoms in total. The number of benzene rings is 1. The van der Waals surface area contributed by atoms with E-state index in [1.54, 1.807) is 6.33 Å². The zero-order valence-electron chi connectivity index (χ0n) is 5.77. The van der Waals surface area contributed by atoms with E-state index < -0.39 is 0 Å². The fourth-order valence-corrected chi connectivity index (χ4v) is 0.923. The summed E-state index contributed by atoms with van der Waals surface area (Å²) >= 11 is 0. The summed E-state index contributed by atoms with van der Waals surface area (Å²) < 4.78 is 0. The molecular formula is C8H6N2Se. The molecule has 0 N–H and O–H groups in total. The zero-order valence-corrected chi connectivity index (χ0v) is 7.48. The Hall–Kier alpha value is -0.921. The minimum absolute atomic E-state index is 0. The van der Waals surface area contributed by atoms with Gasteiger partial charge in [0.15, 0.2) is 0 Å². The Bertz CT molecular complexity index is 283. The van der Waals surface area contributed by atoms with Gasteiger partial charge in [0.25, 0.3) is 0 Å². The Kier molecular flexibility index (Phi) is 2.58. The smallest absolute Gasteiger partial charge is 0.116 e. The summed E-state index contributed by atoms with van der Waals surface area (Å²) in [6.07, 6.45) is 3.37. The summed E-state index contributed by atoms with van der Waals surface area (Å²) in [6.45, 7) is 0. The van der Waals surface area contributed by atoms with Gasteiger partial charge in [0.2, 0.25) is 0 Å². The first-order valence-corrected chi connectivity index (χ1v) is 3.11. The third-order valence-electron chi connectivity index (χ3n) is 1.41. The second-order valence-electron chi connectivity index (χ2n) is 2.08. The van der Waals surface area contributed by atoms with Gasteiger partial charge in [-0.25, -0.2) is 9.97 Å². The van der Waals surface area contributed by atoms with Crippen LogP contribution in [0.3, 0.4) is 0 Å². The van der Waals surface area contributed by atoms with Crippen LogP contribution < -0.4 is 0 Å². The van der Waals surface area contributed by atoms with Crippen molar-refractivity contribution in [3.05, 3.63) is 36.8 Å². The van der Waals surface area contributed by atoms with Gasteiger partial charge in [-0.15, -0.1) is 0 Å². The molecule has 0 aliphatic carbocycles. The van der Waals surface area contributed by atoms with E-state index in [0.717, 1.165) is 10.9 Å². The Balaban J connectivity index is 0.000000605. The molecule has 0 saturated carbocycles. The second kappa shape index (κ2) is 3.46. The summed E-state index contributed by atoms with van der Waals surface area (Å²) in [7, 11) is 0. The number of aromatic nitrogens is 2. The van der Waals surface area contributed by atoms with Crippen LogP contribution in [0.2, 0.25) is 0 Å². The van der Waals surface area contributed by atoms with Crippen molar-refractivity contribution in [1.29, 1.82) is 0 Å². The maximum atomic E-state index is 4.07. The van der Waals surface area contributed by atoms with Gasteiger partial charge in [-0.2, -0.15) is 0 Å². The summed E-state index contributed by atoms with van der Waals surface area (Å²) in [4.78, 5) is 7.97. The summed E-state index contributed by atoms with van der Waals surface area (Å²) in [5.41, 5.74) is 0.998. The largest absolute Gasteiger partial charge is 0.244 e. The maximum Gasteiger partial charge on any atom is 0.116 e. The fourth-order valence-electron chi connectivity index (χ4n) is 0.923. The van der Waals surface area contributed by atoms with E-state index >= 15 is 0 Å². The van der Waals surface area contributed by atoms with Crippen LogP contribution in [0.1, 0.15) is 0 Å². The van der Waals surface area contributed by atoms with E-state index in [-0.39, 0.29) is 17.1 Å². The predicted molar refractivity (Wildman–Crippen MR) is 45.3 cm³/mol. The third kappa shape index (κ3) is 1.56. The average molecular weight is 209 g/mol. The molecule has 54 valence electrons. The molecule has 2 aromatic rings. The molecule has 1 aromatic carbocycles. The molecule has 0 spiro atoms. The van der Waals surface area contributed by atoms with Crippen LogP contribution in [0, 0.1) is 0 Å². The van der Waals surface area contributed by atoms with Crippen LogP contribution in [-0.2, 0) is 0 Å². The first-order chi connectivity index (χ1) is 4.97. The molecule has 0 amide bonds. The Morgan fingerprint density at radius 3 is 2.73 bits per heavy atom. The monoisotopic (exact) mass is 210 g/mol. The molecule has 0 aliphatic heterocycles. The van der Waals surface area contributed by atoms with Crippen molar-refractivity contribution in [2.45, 2.75) is 0 Å². The molecule has 0 bridgehead atoms. The average Bonchev–Trinajstić information content (AvgIpc) is 2.05. The summed E-state index contributed by atoms with van der Waals surface area (Å²) in [5.74, 6) is 0. The molecular weight excluding hydrogens is 203 g/mol. The molecule has 0 fully saturated rings. The normalized spacial score (nSPS) is 9.09. The van der Waals surface area contributed by atoms with Gasteiger partial charge >= 0.3 is 0 Å². The van der Waals surface area contributed by atoms with Crippen LogP contribution in [0.25, 0.3) is 10.9 Å². The van der Waals surface area contributed by atoms with E-state index in [2.05, 4.69) is 9.97 Å². The SMILES string of the molecule is [Se].c1ccc2ncncc2c1. The standard InChI is InChI=1S/C8H6N2.Se/c1-2-4-8-7(3-1)5-9-6-10-8;/h1-6H;. The van der Waals surface area contributed by atoms with Gasteiger partial charge in [-0.05, 0) is 6.07 Å². The predicted octanol–water partition coefficient (Wildman–Crippen LogP) is 1.25. The Morgan fingerprint density at radius 1 is 1.09 bits per heavy atom. The van der Waals surface area contributed by atoms with Crippen LogP contribution in [0.4, 0.5) is 0 Å². The van der Waals surface area contributed by atoms with Crippen molar-refractivity contribution >= 4 is 28.0 Å². The minimum Gasteiger partial charge on any atom is -0.244 e. The van der Waals surface area contributed by atoms with Crippen LogP contribution in [0.15, 0.2) is 36.8 Å².